The lowest BCUT2D eigenvalue weighted by atomic mass is 10.2. The topological polar surface area (TPSA) is 78.0 Å². The summed E-state index contributed by atoms with van der Waals surface area (Å²) in [4.78, 5) is 19.1. The second-order valence-electron chi connectivity index (χ2n) is 4.40. The van der Waals surface area contributed by atoms with Crippen LogP contribution in [-0.2, 0) is 6.54 Å². The van der Waals surface area contributed by atoms with Crippen LogP contribution in [-0.4, -0.2) is 39.7 Å². The van der Waals surface area contributed by atoms with E-state index in [1.807, 2.05) is 18.2 Å². The highest BCUT2D eigenvalue weighted by atomic mass is 32.2. The van der Waals surface area contributed by atoms with Gasteiger partial charge in [-0.2, -0.15) is 11.8 Å². The summed E-state index contributed by atoms with van der Waals surface area (Å²) in [7, 11) is 0. The number of nitrogens with zero attached hydrogens (tertiary/aromatic N) is 1. The number of hydrogen-bond acceptors (Lipinski definition) is 5. The van der Waals surface area contributed by atoms with Gasteiger partial charge >= 0.3 is 0 Å². The van der Waals surface area contributed by atoms with Gasteiger partial charge in [-0.3, -0.25) is 4.79 Å². The lowest BCUT2D eigenvalue weighted by Gasteiger charge is -2.05. The summed E-state index contributed by atoms with van der Waals surface area (Å²) in [5.41, 5.74) is 0.634. The number of benzene rings is 1. The fourth-order valence-electron chi connectivity index (χ4n) is 1.84. The minimum Gasteiger partial charge on any atom is -0.396 e. The van der Waals surface area contributed by atoms with Crippen LogP contribution in [0, 0.1) is 0 Å². The first-order chi connectivity index (χ1) is 9.81. The zero-order valence-corrected chi connectivity index (χ0v) is 12.1. The molecule has 0 amide bonds. The highest BCUT2D eigenvalue weighted by Gasteiger charge is 2.02. The Morgan fingerprint density at radius 3 is 3.00 bits per heavy atom. The summed E-state index contributed by atoms with van der Waals surface area (Å²) >= 11 is 1.80. The first kappa shape index (κ1) is 15.0. The molecule has 0 radical (unpaired) electrons. The number of para-hydroxylation sites is 1. The first-order valence-electron chi connectivity index (χ1n) is 6.68. The average molecular weight is 293 g/mol. The van der Waals surface area contributed by atoms with Crippen LogP contribution in [0.5, 0.6) is 0 Å². The summed E-state index contributed by atoms with van der Waals surface area (Å²) in [5, 5.41) is 12.5. The zero-order valence-electron chi connectivity index (χ0n) is 11.3. The number of aromatic nitrogens is 2. The number of aliphatic hydroxyl groups is 1. The van der Waals surface area contributed by atoms with Crippen LogP contribution < -0.4 is 10.9 Å². The average Bonchev–Trinajstić information content (AvgIpc) is 2.46. The molecule has 0 saturated carbocycles. The maximum absolute atomic E-state index is 11.9. The number of rotatable bonds is 8. The Labute approximate surface area is 121 Å². The molecule has 0 atom stereocenters. The quantitative estimate of drug-likeness (QED) is 0.636. The summed E-state index contributed by atoms with van der Waals surface area (Å²) < 4.78 is 0. The molecule has 0 unspecified atom stereocenters. The molecule has 0 bridgehead atoms. The van der Waals surface area contributed by atoms with Crippen LogP contribution in [0.2, 0.25) is 0 Å². The van der Waals surface area contributed by atoms with Gasteiger partial charge in [-0.15, -0.1) is 0 Å². The number of nitrogens with one attached hydrogen (secondary N) is 2. The standard InChI is InChI=1S/C14H19N3O2S/c18-7-3-8-20-9-6-15-10-13-16-12-5-2-1-4-11(12)14(19)17-13/h1-2,4-5,15,18H,3,6-10H2,(H,16,17,19). The van der Waals surface area contributed by atoms with Gasteiger partial charge < -0.3 is 15.4 Å². The largest absolute Gasteiger partial charge is 0.396 e. The van der Waals surface area contributed by atoms with Crippen LogP contribution in [0.15, 0.2) is 29.1 Å². The van der Waals surface area contributed by atoms with Gasteiger partial charge in [0.15, 0.2) is 0 Å². The normalized spacial score (nSPS) is 11.1. The first-order valence-corrected chi connectivity index (χ1v) is 7.84. The van der Waals surface area contributed by atoms with Gasteiger partial charge in [0.1, 0.15) is 5.82 Å². The Morgan fingerprint density at radius 2 is 2.15 bits per heavy atom. The highest BCUT2D eigenvalue weighted by Crippen LogP contribution is 2.05. The Hall–Kier alpha value is -1.37. The summed E-state index contributed by atoms with van der Waals surface area (Å²) in [6.07, 6.45) is 0.838. The number of thioether (sulfide) groups is 1. The monoisotopic (exact) mass is 293 g/mol. The Balaban J connectivity index is 1.83. The molecule has 0 aliphatic rings. The third-order valence-corrected chi connectivity index (χ3v) is 3.89. The van der Waals surface area contributed by atoms with Crippen molar-refractivity contribution in [2.45, 2.75) is 13.0 Å². The SMILES string of the molecule is O=c1[nH]c(CNCCSCCCO)nc2ccccc12. The molecule has 1 aromatic heterocycles. The predicted molar refractivity (Wildman–Crippen MR) is 83.1 cm³/mol. The predicted octanol–water partition coefficient (Wildman–Crippen LogP) is 1.13. The van der Waals surface area contributed by atoms with Crippen LogP contribution in [0.1, 0.15) is 12.2 Å². The molecule has 2 aromatic rings. The molecular weight excluding hydrogens is 274 g/mol. The molecule has 0 aliphatic heterocycles. The summed E-state index contributed by atoms with van der Waals surface area (Å²) in [5.74, 6) is 2.62. The number of fused-ring (bicyclic) bond motifs is 1. The molecule has 5 nitrogen and oxygen atoms in total. The van der Waals surface area contributed by atoms with Crippen LogP contribution in [0.3, 0.4) is 0 Å². The van der Waals surface area contributed by atoms with Gasteiger partial charge in [-0.05, 0) is 24.3 Å². The molecule has 0 fully saturated rings. The van der Waals surface area contributed by atoms with E-state index < -0.39 is 0 Å². The maximum Gasteiger partial charge on any atom is 0.258 e. The number of aromatic amines is 1. The van der Waals surface area contributed by atoms with Gasteiger partial charge in [0, 0.05) is 18.9 Å². The third-order valence-electron chi connectivity index (χ3n) is 2.82. The Morgan fingerprint density at radius 1 is 1.30 bits per heavy atom. The minimum absolute atomic E-state index is 0.0929. The Bertz CT molecular complexity index is 600. The van der Waals surface area contributed by atoms with E-state index in [1.54, 1.807) is 17.8 Å². The molecule has 1 aromatic carbocycles. The molecule has 20 heavy (non-hydrogen) atoms. The van der Waals surface area contributed by atoms with Gasteiger partial charge in [0.25, 0.3) is 5.56 Å². The van der Waals surface area contributed by atoms with E-state index in [2.05, 4.69) is 15.3 Å². The van der Waals surface area contributed by atoms with Gasteiger partial charge in [-0.1, -0.05) is 12.1 Å². The molecule has 1 heterocycles. The fourth-order valence-corrected chi connectivity index (χ4v) is 2.66. The smallest absolute Gasteiger partial charge is 0.258 e. The minimum atomic E-state index is -0.0929. The van der Waals surface area contributed by atoms with Crippen molar-refractivity contribution in [2.24, 2.45) is 0 Å². The second kappa shape index (κ2) is 8.04. The third kappa shape index (κ3) is 4.33. The van der Waals surface area contributed by atoms with Crippen molar-refractivity contribution >= 4 is 22.7 Å². The van der Waals surface area contributed by atoms with Crippen molar-refractivity contribution in [3.05, 3.63) is 40.4 Å². The molecule has 6 heteroatoms. The van der Waals surface area contributed by atoms with Crippen molar-refractivity contribution < 1.29 is 5.11 Å². The van der Waals surface area contributed by atoms with Crippen LogP contribution in [0.4, 0.5) is 0 Å². The second-order valence-corrected chi connectivity index (χ2v) is 5.62. The number of hydrogen-bond donors (Lipinski definition) is 3. The van der Waals surface area contributed by atoms with Crippen LogP contribution in [0.25, 0.3) is 10.9 Å². The molecule has 2 rings (SSSR count). The summed E-state index contributed by atoms with van der Waals surface area (Å²) in [6.45, 7) is 1.66. The summed E-state index contributed by atoms with van der Waals surface area (Å²) in [6, 6.07) is 7.33. The Kier molecular flexibility index (Phi) is 6.04. The van der Waals surface area contributed by atoms with E-state index in [0.717, 1.165) is 30.0 Å². The zero-order chi connectivity index (χ0) is 14.2. The van der Waals surface area contributed by atoms with Crippen molar-refractivity contribution in [2.75, 3.05) is 24.7 Å². The molecule has 0 spiro atoms. The molecule has 3 N–H and O–H groups in total. The van der Waals surface area contributed by atoms with Crippen molar-refractivity contribution in [3.8, 4) is 0 Å². The number of H-pyrrole nitrogens is 1. The van der Waals surface area contributed by atoms with Crippen molar-refractivity contribution in [1.82, 2.24) is 15.3 Å². The molecular formula is C14H19N3O2S. The number of aliphatic hydroxyl groups excluding tert-OH is 1. The maximum atomic E-state index is 11.9. The van der Waals surface area contributed by atoms with E-state index in [1.165, 1.54) is 0 Å². The van der Waals surface area contributed by atoms with Crippen molar-refractivity contribution in [3.63, 3.8) is 0 Å². The van der Waals surface area contributed by atoms with Crippen molar-refractivity contribution in [1.29, 1.82) is 0 Å². The highest BCUT2D eigenvalue weighted by molar-refractivity contribution is 7.99. The van der Waals surface area contributed by atoms with E-state index in [9.17, 15) is 4.79 Å². The van der Waals surface area contributed by atoms with Gasteiger partial charge in [0.05, 0.1) is 17.4 Å². The molecule has 108 valence electrons. The lowest BCUT2D eigenvalue weighted by Crippen LogP contribution is -2.21. The van der Waals surface area contributed by atoms with E-state index in [-0.39, 0.29) is 12.2 Å². The van der Waals surface area contributed by atoms with E-state index in [0.29, 0.717) is 17.8 Å². The van der Waals surface area contributed by atoms with Crippen LogP contribution >= 0.6 is 11.8 Å². The van der Waals surface area contributed by atoms with Gasteiger partial charge in [0.2, 0.25) is 0 Å². The van der Waals surface area contributed by atoms with Gasteiger partial charge in [-0.25, -0.2) is 4.98 Å². The molecule has 0 aliphatic carbocycles. The van der Waals surface area contributed by atoms with E-state index in [4.69, 9.17) is 5.11 Å². The van der Waals surface area contributed by atoms with E-state index >= 15 is 0 Å². The molecule has 0 saturated heterocycles. The fraction of sp³-hybridized carbons (Fsp3) is 0.429. The lowest BCUT2D eigenvalue weighted by molar-refractivity contribution is 0.296.